The molecule has 0 aromatic heterocycles. The van der Waals surface area contributed by atoms with Gasteiger partial charge in [-0.3, -0.25) is 0 Å². The van der Waals surface area contributed by atoms with Gasteiger partial charge < -0.3 is 0 Å². The molecule has 0 aromatic carbocycles. The fourth-order valence-electron chi connectivity index (χ4n) is 1.44. The van der Waals surface area contributed by atoms with Gasteiger partial charge >= 0.3 is 0 Å². The monoisotopic (exact) mass is 244 g/mol. The van der Waals surface area contributed by atoms with Crippen molar-refractivity contribution in [2.75, 3.05) is 0 Å². The molecule has 0 N–H and O–H groups in total. The van der Waals surface area contributed by atoms with Crippen molar-refractivity contribution in [1.29, 1.82) is 0 Å². The lowest BCUT2D eigenvalue weighted by molar-refractivity contribution is 0.886. The van der Waals surface area contributed by atoms with Crippen LogP contribution in [0.5, 0.6) is 0 Å². The fraction of sp³-hybridized carbons (Fsp3) is 0.444. The largest absolute Gasteiger partial charge is 0.0988 e. The SMILES string of the molecule is C=C/C(C)=C\C(=C)C1=CC=C(C)CC1.CCCC. The first-order valence-corrected chi connectivity index (χ1v) is 6.91. The number of hydrogen-bond donors (Lipinski definition) is 0. The smallest absolute Gasteiger partial charge is 0.0236 e. The fourth-order valence-corrected chi connectivity index (χ4v) is 1.44. The molecule has 0 bridgehead atoms. The van der Waals surface area contributed by atoms with Crippen LogP contribution in [0.1, 0.15) is 53.4 Å². The quantitative estimate of drug-likeness (QED) is 0.520. The predicted octanol–water partition coefficient (Wildman–Crippen LogP) is 6.15. The average Bonchev–Trinajstić information content (AvgIpc) is 2.39. The third-order valence-corrected chi connectivity index (χ3v) is 2.99. The molecule has 1 aliphatic rings. The van der Waals surface area contributed by atoms with Crippen molar-refractivity contribution in [2.24, 2.45) is 0 Å². The summed E-state index contributed by atoms with van der Waals surface area (Å²) in [6.07, 6.45) is 13.2. The van der Waals surface area contributed by atoms with Crippen molar-refractivity contribution >= 4 is 0 Å². The second kappa shape index (κ2) is 9.70. The van der Waals surface area contributed by atoms with E-state index in [4.69, 9.17) is 0 Å². The normalized spacial score (nSPS) is 15.0. The standard InChI is InChI=1S/C14H18.C4H10/c1-5-11(2)10-13(4)14-8-6-12(3)7-9-14;1-3-4-2/h5-6,8,10H,1,4,7,9H2,2-3H3;3-4H2,1-2H3/b11-10-;. The summed E-state index contributed by atoms with van der Waals surface area (Å²) in [4.78, 5) is 0. The van der Waals surface area contributed by atoms with Gasteiger partial charge in [-0.1, -0.05) is 75.3 Å². The molecule has 100 valence electrons. The highest BCUT2D eigenvalue weighted by Crippen LogP contribution is 2.24. The highest BCUT2D eigenvalue weighted by molar-refractivity contribution is 5.44. The van der Waals surface area contributed by atoms with E-state index >= 15 is 0 Å². The van der Waals surface area contributed by atoms with Crippen LogP contribution in [0.15, 0.2) is 59.8 Å². The minimum atomic E-state index is 1.11. The van der Waals surface area contributed by atoms with Gasteiger partial charge in [-0.05, 0) is 37.8 Å². The number of allylic oxidation sites excluding steroid dienone is 8. The van der Waals surface area contributed by atoms with Gasteiger partial charge in [0.15, 0.2) is 0 Å². The Bertz CT molecular complexity index is 359. The summed E-state index contributed by atoms with van der Waals surface area (Å²) in [5.41, 5.74) is 5.08. The zero-order valence-electron chi connectivity index (χ0n) is 12.6. The maximum absolute atomic E-state index is 4.07. The maximum atomic E-state index is 4.07. The van der Waals surface area contributed by atoms with E-state index in [1.54, 1.807) is 0 Å². The first-order chi connectivity index (χ1) is 8.54. The second-order valence-corrected chi connectivity index (χ2v) is 4.82. The van der Waals surface area contributed by atoms with Crippen LogP contribution in [0.25, 0.3) is 0 Å². The van der Waals surface area contributed by atoms with E-state index in [9.17, 15) is 0 Å². The highest BCUT2D eigenvalue weighted by Gasteiger charge is 2.04. The molecule has 1 rings (SSSR count). The van der Waals surface area contributed by atoms with Crippen LogP contribution in [0.2, 0.25) is 0 Å². The van der Waals surface area contributed by atoms with Crippen LogP contribution in [0.3, 0.4) is 0 Å². The molecule has 0 aliphatic heterocycles. The Balaban J connectivity index is 0.000000631. The molecule has 0 aromatic rings. The minimum Gasteiger partial charge on any atom is -0.0988 e. The van der Waals surface area contributed by atoms with Crippen molar-refractivity contribution < 1.29 is 0 Å². The molecule has 0 radical (unpaired) electrons. The number of unbranched alkanes of at least 4 members (excludes halogenated alkanes) is 1. The van der Waals surface area contributed by atoms with Crippen molar-refractivity contribution in [1.82, 2.24) is 0 Å². The zero-order chi connectivity index (χ0) is 14.0. The molecule has 0 saturated carbocycles. The molecule has 0 nitrogen and oxygen atoms in total. The van der Waals surface area contributed by atoms with Gasteiger partial charge in [0, 0.05) is 0 Å². The molecule has 0 spiro atoms. The van der Waals surface area contributed by atoms with E-state index in [-0.39, 0.29) is 0 Å². The zero-order valence-corrected chi connectivity index (χ0v) is 12.6. The van der Waals surface area contributed by atoms with E-state index in [1.807, 2.05) is 13.0 Å². The van der Waals surface area contributed by atoms with Crippen LogP contribution < -0.4 is 0 Å². The molecule has 0 amide bonds. The van der Waals surface area contributed by atoms with Crippen molar-refractivity contribution in [3.63, 3.8) is 0 Å². The summed E-state index contributed by atoms with van der Waals surface area (Å²) in [5, 5.41) is 0. The minimum absolute atomic E-state index is 1.11. The summed E-state index contributed by atoms with van der Waals surface area (Å²) < 4.78 is 0. The predicted molar refractivity (Wildman–Crippen MR) is 84.8 cm³/mol. The Morgan fingerprint density at radius 2 is 1.83 bits per heavy atom. The maximum Gasteiger partial charge on any atom is -0.0236 e. The summed E-state index contributed by atoms with van der Waals surface area (Å²) in [6.45, 7) is 16.4. The number of rotatable bonds is 4. The molecule has 0 saturated heterocycles. The first-order valence-electron chi connectivity index (χ1n) is 6.91. The van der Waals surface area contributed by atoms with Crippen molar-refractivity contribution in [3.05, 3.63) is 59.8 Å². The lowest BCUT2D eigenvalue weighted by atomic mass is 9.94. The number of hydrogen-bond acceptors (Lipinski definition) is 0. The molecule has 0 fully saturated rings. The van der Waals surface area contributed by atoms with Crippen LogP contribution in [0, 0.1) is 0 Å². The van der Waals surface area contributed by atoms with Gasteiger partial charge in [0.2, 0.25) is 0 Å². The van der Waals surface area contributed by atoms with E-state index in [0.717, 1.165) is 18.4 Å². The molecule has 0 heterocycles. The first kappa shape index (κ1) is 16.7. The molecule has 1 aliphatic carbocycles. The van der Waals surface area contributed by atoms with Gasteiger partial charge in [0.05, 0.1) is 0 Å². The van der Waals surface area contributed by atoms with Gasteiger partial charge in [-0.2, -0.15) is 0 Å². The van der Waals surface area contributed by atoms with Crippen LogP contribution >= 0.6 is 0 Å². The Hall–Kier alpha value is -1.30. The second-order valence-electron chi connectivity index (χ2n) is 4.82. The third-order valence-electron chi connectivity index (χ3n) is 2.99. The lowest BCUT2D eigenvalue weighted by Crippen LogP contribution is -1.92. The van der Waals surface area contributed by atoms with Crippen molar-refractivity contribution in [2.45, 2.75) is 53.4 Å². The average molecular weight is 244 g/mol. The Labute approximate surface area is 113 Å². The van der Waals surface area contributed by atoms with Gasteiger partial charge in [-0.15, -0.1) is 0 Å². The van der Waals surface area contributed by atoms with Crippen LogP contribution in [-0.2, 0) is 0 Å². The summed E-state index contributed by atoms with van der Waals surface area (Å²) >= 11 is 0. The molecule has 0 unspecified atom stereocenters. The molecular formula is C18H28. The van der Waals surface area contributed by atoms with Gasteiger partial charge in [0.25, 0.3) is 0 Å². The van der Waals surface area contributed by atoms with E-state index in [0.29, 0.717) is 0 Å². The molecular weight excluding hydrogens is 216 g/mol. The van der Waals surface area contributed by atoms with E-state index in [2.05, 4.69) is 52.2 Å². The van der Waals surface area contributed by atoms with Crippen molar-refractivity contribution in [3.8, 4) is 0 Å². The summed E-state index contributed by atoms with van der Waals surface area (Å²) in [5.74, 6) is 0. The topological polar surface area (TPSA) is 0 Å². The molecule has 18 heavy (non-hydrogen) atoms. The summed E-state index contributed by atoms with van der Waals surface area (Å²) in [7, 11) is 0. The lowest BCUT2D eigenvalue weighted by Gasteiger charge is -2.12. The Morgan fingerprint density at radius 3 is 2.22 bits per heavy atom. The Kier molecular flexibility index (Phi) is 9.00. The molecule has 0 atom stereocenters. The highest BCUT2D eigenvalue weighted by atomic mass is 14.1. The van der Waals surface area contributed by atoms with Crippen LogP contribution in [0.4, 0.5) is 0 Å². The van der Waals surface area contributed by atoms with Gasteiger partial charge in [0.1, 0.15) is 0 Å². The van der Waals surface area contributed by atoms with E-state index < -0.39 is 0 Å². The van der Waals surface area contributed by atoms with E-state index in [1.165, 1.54) is 29.6 Å². The Morgan fingerprint density at radius 1 is 1.22 bits per heavy atom. The van der Waals surface area contributed by atoms with Gasteiger partial charge in [-0.25, -0.2) is 0 Å². The molecule has 0 heteroatoms. The summed E-state index contributed by atoms with van der Waals surface area (Å²) in [6, 6.07) is 0. The third kappa shape index (κ3) is 7.11. The van der Waals surface area contributed by atoms with Crippen LogP contribution in [-0.4, -0.2) is 0 Å².